The van der Waals surface area contributed by atoms with Crippen LogP contribution in [0.15, 0.2) is 42.6 Å². The molecular formula is C18H21N5O. The molecule has 0 bridgehead atoms. The molecule has 1 amide bonds. The van der Waals surface area contributed by atoms with Crippen molar-refractivity contribution in [2.24, 2.45) is 5.92 Å². The molecular weight excluding hydrogens is 302 g/mol. The summed E-state index contributed by atoms with van der Waals surface area (Å²) < 4.78 is 0. The summed E-state index contributed by atoms with van der Waals surface area (Å²) in [6.45, 7) is 2.27. The van der Waals surface area contributed by atoms with Gasteiger partial charge >= 0.3 is 0 Å². The second-order valence-electron chi connectivity index (χ2n) is 6.36. The Bertz CT molecular complexity index is 716. The Balaban J connectivity index is 1.60. The maximum atomic E-state index is 12.5. The van der Waals surface area contributed by atoms with Crippen molar-refractivity contribution >= 4 is 17.7 Å². The van der Waals surface area contributed by atoms with Gasteiger partial charge in [-0.15, -0.1) is 0 Å². The number of nitrogens with zero attached hydrogens (tertiary/aromatic N) is 3. The van der Waals surface area contributed by atoms with Crippen LogP contribution >= 0.6 is 0 Å². The van der Waals surface area contributed by atoms with E-state index in [1.807, 2.05) is 36.4 Å². The van der Waals surface area contributed by atoms with Gasteiger partial charge in [0.05, 0.1) is 0 Å². The molecule has 1 aromatic heterocycles. The van der Waals surface area contributed by atoms with E-state index in [1.54, 1.807) is 6.20 Å². The first kappa shape index (κ1) is 14.9. The fraction of sp³-hybridized carbons (Fsp3) is 0.389. The van der Waals surface area contributed by atoms with Gasteiger partial charge in [-0.25, -0.2) is 4.98 Å². The molecule has 1 aliphatic heterocycles. The van der Waals surface area contributed by atoms with E-state index in [0.717, 1.165) is 30.4 Å². The predicted octanol–water partition coefficient (Wildman–Crippen LogP) is 1.98. The van der Waals surface area contributed by atoms with Crippen molar-refractivity contribution in [3.63, 3.8) is 0 Å². The molecule has 124 valence electrons. The van der Waals surface area contributed by atoms with Gasteiger partial charge in [-0.3, -0.25) is 4.79 Å². The number of piperazine rings is 1. The average molecular weight is 323 g/mol. The van der Waals surface area contributed by atoms with Gasteiger partial charge in [-0.1, -0.05) is 30.3 Å². The van der Waals surface area contributed by atoms with E-state index in [2.05, 4.69) is 25.5 Å². The summed E-state index contributed by atoms with van der Waals surface area (Å²) >= 11 is 0. The number of rotatable bonds is 5. The minimum absolute atomic E-state index is 0.0125. The van der Waals surface area contributed by atoms with Crippen molar-refractivity contribution in [1.29, 1.82) is 0 Å². The second-order valence-corrected chi connectivity index (χ2v) is 6.36. The SMILES string of the molecule is O=C1NCCN(c2ccnc(NCC3CC3)n2)C1c1ccccc1. The lowest BCUT2D eigenvalue weighted by molar-refractivity contribution is -0.123. The molecule has 1 saturated carbocycles. The molecule has 4 rings (SSSR count). The number of amides is 1. The zero-order valence-electron chi connectivity index (χ0n) is 13.5. The van der Waals surface area contributed by atoms with E-state index in [9.17, 15) is 4.79 Å². The van der Waals surface area contributed by atoms with E-state index >= 15 is 0 Å². The molecule has 2 aliphatic rings. The molecule has 6 nitrogen and oxygen atoms in total. The Morgan fingerprint density at radius 2 is 2.04 bits per heavy atom. The molecule has 24 heavy (non-hydrogen) atoms. The van der Waals surface area contributed by atoms with Gasteiger partial charge in [0.15, 0.2) is 0 Å². The summed E-state index contributed by atoms with van der Waals surface area (Å²) in [5, 5.41) is 6.26. The normalized spacial score (nSPS) is 20.6. The molecule has 2 fully saturated rings. The molecule has 0 spiro atoms. The summed E-state index contributed by atoms with van der Waals surface area (Å²) in [6.07, 6.45) is 4.33. The van der Waals surface area contributed by atoms with Crippen LogP contribution in [0, 0.1) is 5.92 Å². The zero-order chi connectivity index (χ0) is 16.4. The summed E-state index contributed by atoms with van der Waals surface area (Å²) in [5.74, 6) is 2.19. The topological polar surface area (TPSA) is 70.2 Å². The lowest BCUT2D eigenvalue weighted by atomic mass is 10.0. The minimum atomic E-state index is -0.355. The molecule has 1 aliphatic carbocycles. The van der Waals surface area contributed by atoms with Crippen LogP contribution in [0.4, 0.5) is 11.8 Å². The van der Waals surface area contributed by atoms with Gasteiger partial charge in [-0.2, -0.15) is 4.98 Å². The Hall–Kier alpha value is -2.63. The number of nitrogens with one attached hydrogen (secondary N) is 2. The summed E-state index contributed by atoms with van der Waals surface area (Å²) in [4.78, 5) is 23.5. The highest BCUT2D eigenvalue weighted by molar-refractivity contribution is 5.87. The first-order valence-electron chi connectivity index (χ1n) is 8.47. The molecule has 2 N–H and O–H groups in total. The molecule has 2 heterocycles. The highest BCUT2D eigenvalue weighted by atomic mass is 16.2. The fourth-order valence-electron chi connectivity index (χ4n) is 3.03. The standard InChI is InChI=1S/C18H21N5O/c24-17-16(14-4-2-1-3-5-14)23(11-10-19-17)15-8-9-20-18(22-15)21-12-13-6-7-13/h1-5,8-9,13,16H,6-7,10-12H2,(H,19,24)(H,20,21,22). The smallest absolute Gasteiger partial charge is 0.247 e. The van der Waals surface area contributed by atoms with Crippen LogP contribution in [0.25, 0.3) is 0 Å². The van der Waals surface area contributed by atoms with Crippen molar-refractivity contribution in [3.05, 3.63) is 48.2 Å². The maximum Gasteiger partial charge on any atom is 0.247 e. The van der Waals surface area contributed by atoms with Crippen LogP contribution < -0.4 is 15.5 Å². The summed E-state index contributed by atoms with van der Waals surface area (Å²) in [5.41, 5.74) is 0.973. The quantitative estimate of drug-likeness (QED) is 0.880. The van der Waals surface area contributed by atoms with Crippen LogP contribution in [-0.2, 0) is 4.79 Å². The molecule has 2 aromatic rings. The third kappa shape index (κ3) is 3.18. The maximum absolute atomic E-state index is 12.5. The van der Waals surface area contributed by atoms with E-state index in [4.69, 9.17) is 0 Å². The Morgan fingerprint density at radius 3 is 2.83 bits per heavy atom. The number of anilines is 2. The van der Waals surface area contributed by atoms with E-state index in [-0.39, 0.29) is 11.9 Å². The van der Waals surface area contributed by atoms with E-state index < -0.39 is 0 Å². The monoisotopic (exact) mass is 323 g/mol. The van der Waals surface area contributed by atoms with Crippen LogP contribution in [0.1, 0.15) is 24.4 Å². The largest absolute Gasteiger partial charge is 0.354 e. The predicted molar refractivity (Wildman–Crippen MR) is 92.8 cm³/mol. The third-order valence-electron chi connectivity index (χ3n) is 4.51. The molecule has 0 radical (unpaired) electrons. The molecule has 6 heteroatoms. The molecule has 1 saturated heterocycles. The van der Waals surface area contributed by atoms with Crippen molar-refractivity contribution in [3.8, 4) is 0 Å². The van der Waals surface area contributed by atoms with Gasteiger partial charge in [0.2, 0.25) is 11.9 Å². The zero-order valence-corrected chi connectivity index (χ0v) is 13.5. The number of hydrogen-bond acceptors (Lipinski definition) is 5. The van der Waals surface area contributed by atoms with Crippen molar-refractivity contribution in [2.75, 3.05) is 29.9 Å². The number of hydrogen-bond donors (Lipinski definition) is 2. The summed E-state index contributed by atoms with van der Waals surface area (Å²) in [6, 6.07) is 11.4. The van der Waals surface area contributed by atoms with Crippen molar-refractivity contribution in [1.82, 2.24) is 15.3 Å². The molecule has 1 aromatic carbocycles. The lowest BCUT2D eigenvalue weighted by Crippen LogP contribution is -2.50. The number of aromatic nitrogens is 2. The van der Waals surface area contributed by atoms with Gasteiger partial charge in [-0.05, 0) is 30.4 Å². The van der Waals surface area contributed by atoms with E-state index in [1.165, 1.54) is 12.8 Å². The summed E-state index contributed by atoms with van der Waals surface area (Å²) in [7, 11) is 0. The van der Waals surface area contributed by atoms with Crippen LogP contribution in [0.3, 0.4) is 0 Å². The van der Waals surface area contributed by atoms with Gasteiger partial charge in [0, 0.05) is 25.8 Å². The minimum Gasteiger partial charge on any atom is -0.354 e. The first-order chi connectivity index (χ1) is 11.8. The lowest BCUT2D eigenvalue weighted by Gasteiger charge is -2.36. The molecule has 1 unspecified atom stereocenters. The highest BCUT2D eigenvalue weighted by Crippen LogP contribution is 2.30. The van der Waals surface area contributed by atoms with Gasteiger partial charge in [0.25, 0.3) is 0 Å². The third-order valence-corrected chi connectivity index (χ3v) is 4.51. The second kappa shape index (κ2) is 6.47. The Morgan fingerprint density at radius 1 is 1.21 bits per heavy atom. The highest BCUT2D eigenvalue weighted by Gasteiger charge is 2.32. The van der Waals surface area contributed by atoms with Gasteiger partial charge < -0.3 is 15.5 Å². The van der Waals surface area contributed by atoms with Crippen molar-refractivity contribution in [2.45, 2.75) is 18.9 Å². The average Bonchev–Trinajstić information content (AvgIpc) is 3.45. The van der Waals surface area contributed by atoms with Gasteiger partial charge in [0.1, 0.15) is 11.9 Å². The van der Waals surface area contributed by atoms with E-state index in [0.29, 0.717) is 12.5 Å². The fourth-order valence-corrected chi connectivity index (χ4v) is 3.03. The Kier molecular flexibility index (Phi) is 4.02. The number of carbonyl (C=O) groups is 1. The van der Waals surface area contributed by atoms with Crippen LogP contribution in [0.5, 0.6) is 0 Å². The molecule has 1 atom stereocenters. The number of carbonyl (C=O) groups excluding carboxylic acids is 1. The van der Waals surface area contributed by atoms with Crippen LogP contribution in [-0.4, -0.2) is 35.5 Å². The van der Waals surface area contributed by atoms with Crippen LogP contribution in [0.2, 0.25) is 0 Å². The first-order valence-corrected chi connectivity index (χ1v) is 8.47. The Labute approximate surface area is 141 Å². The number of benzene rings is 1. The van der Waals surface area contributed by atoms with Crippen molar-refractivity contribution < 1.29 is 4.79 Å².